The minimum atomic E-state index is -0.745. The highest BCUT2D eigenvalue weighted by Gasteiger charge is 1.96. The van der Waals surface area contributed by atoms with Crippen LogP contribution in [0.2, 0.25) is 0 Å². The summed E-state index contributed by atoms with van der Waals surface area (Å²) in [4.78, 5) is 9.37. The quantitative estimate of drug-likeness (QED) is 0.0828. The minimum absolute atomic E-state index is 0.139. The van der Waals surface area contributed by atoms with Crippen molar-refractivity contribution in [2.75, 3.05) is 19.8 Å². The van der Waals surface area contributed by atoms with Crippen LogP contribution in [0.1, 0.15) is 188 Å². The molecule has 5 nitrogen and oxygen atoms in total. The largest absolute Gasteiger partial charge is 0.481 e. The van der Waals surface area contributed by atoms with Crippen LogP contribution in [0.3, 0.4) is 0 Å². The second-order valence-corrected chi connectivity index (χ2v) is 11.2. The first-order valence-corrected chi connectivity index (χ1v) is 17.0. The smallest absolute Gasteiger partial charge is 0.303 e. The third-order valence-electron chi connectivity index (χ3n) is 6.85. The van der Waals surface area contributed by atoms with E-state index in [1.165, 1.54) is 161 Å². The molecule has 0 aromatic rings. The van der Waals surface area contributed by atoms with E-state index in [9.17, 15) is 4.79 Å². The fourth-order valence-electron chi connectivity index (χ4n) is 4.19. The number of carboxylic acid groups (broad SMARTS) is 1. The first kappa shape index (κ1) is 42.8. The molecule has 39 heavy (non-hydrogen) atoms. The maximum absolute atomic E-state index is 9.37. The number of aliphatic hydroxyl groups is 2. The Bertz CT molecular complexity index is 388. The number of carboxylic acids is 1. The van der Waals surface area contributed by atoms with Gasteiger partial charge in [-0.25, -0.2) is 0 Å². The maximum Gasteiger partial charge on any atom is 0.303 e. The van der Waals surface area contributed by atoms with Gasteiger partial charge < -0.3 is 20.1 Å². The number of hydrogen-bond donors (Lipinski definition) is 3. The fourth-order valence-corrected chi connectivity index (χ4v) is 4.19. The van der Waals surface area contributed by atoms with Crippen LogP contribution in [-0.4, -0.2) is 47.2 Å². The van der Waals surface area contributed by atoms with Gasteiger partial charge in [0.2, 0.25) is 0 Å². The molecule has 0 aliphatic heterocycles. The van der Waals surface area contributed by atoms with Crippen LogP contribution >= 0.6 is 0 Å². The summed E-state index contributed by atoms with van der Waals surface area (Å²) in [6.45, 7) is 9.57. The Morgan fingerprint density at radius 1 is 0.538 bits per heavy atom. The Hall–Kier alpha value is -0.650. The standard InChI is InChI=1S/C28H58O.C3H8O2.C3H6O2/c1-3-5-7-9-11-13-15-17-19-21-23-25-27-29-28-26-24-22-20-18-16-14-12-10-8-6-4-2;1-3(5)2-4;1-2-3(4)5/h3-28H2,1-2H3;3-5H,2H2,1H3;2H2,1H3,(H,4,5). The van der Waals surface area contributed by atoms with Gasteiger partial charge in [0, 0.05) is 19.6 Å². The van der Waals surface area contributed by atoms with Gasteiger partial charge >= 0.3 is 5.97 Å². The zero-order chi connectivity index (χ0) is 29.7. The predicted molar refractivity (Wildman–Crippen MR) is 170 cm³/mol. The van der Waals surface area contributed by atoms with Crippen molar-refractivity contribution in [1.82, 2.24) is 0 Å². The summed E-state index contributed by atoms with van der Waals surface area (Å²) < 4.78 is 5.82. The van der Waals surface area contributed by atoms with Crippen molar-refractivity contribution in [3.05, 3.63) is 0 Å². The molecule has 3 N–H and O–H groups in total. The normalized spacial score (nSPS) is 11.3. The highest BCUT2D eigenvalue weighted by molar-refractivity contribution is 5.66. The lowest BCUT2D eigenvalue weighted by molar-refractivity contribution is -0.136. The molecule has 0 saturated carbocycles. The third-order valence-corrected chi connectivity index (χ3v) is 6.85. The SMILES string of the molecule is CC(O)CO.CCC(=O)O.CCCCCCCCCCCCCCOCCCCCCCCCCCCCC. The van der Waals surface area contributed by atoms with Crippen molar-refractivity contribution in [3.63, 3.8) is 0 Å². The van der Waals surface area contributed by atoms with E-state index in [2.05, 4.69) is 13.8 Å². The summed E-state index contributed by atoms with van der Waals surface area (Å²) in [5, 5.41) is 23.7. The number of hydrogen-bond acceptors (Lipinski definition) is 4. The van der Waals surface area contributed by atoms with Gasteiger partial charge in [0.25, 0.3) is 0 Å². The van der Waals surface area contributed by atoms with Gasteiger partial charge in [-0.05, 0) is 19.8 Å². The van der Waals surface area contributed by atoms with Gasteiger partial charge in [0.05, 0.1) is 12.7 Å². The molecule has 0 spiro atoms. The van der Waals surface area contributed by atoms with E-state index in [1.54, 1.807) is 6.92 Å². The molecule has 0 aromatic heterocycles. The highest BCUT2D eigenvalue weighted by Crippen LogP contribution is 2.13. The van der Waals surface area contributed by atoms with Crippen molar-refractivity contribution >= 4 is 5.97 Å². The predicted octanol–water partition coefficient (Wildman–Crippen LogP) is 10.2. The van der Waals surface area contributed by atoms with E-state index in [-0.39, 0.29) is 13.0 Å². The zero-order valence-electron chi connectivity index (χ0n) is 27.0. The summed E-state index contributed by atoms with van der Waals surface area (Å²) >= 11 is 0. The molecule has 0 aliphatic carbocycles. The van der Waals surface area contributed by atoms with Crippen molar-refractivity contribution in [2.24, 2.45) is 0 Å². The molecule has 1 unspecified atom stereocenters. The molecule has 0 rings (SSSR count). The lowest BCUT2D eigenvalue weighted by atomic mass is 10.1. The van der Waals surface area contributed by atoms with Crippen LogP contribution in [0.25, 0.3) is 0 Å². The van der Waals surface area contributed by atoms with Crippen LogP contribution < -0.4 is 0 Å². The molecule has 0 fully saturated rings. The van der Waals surface area contributed by atoms with E-state index in [4.69, 9.17) is 20.1 Å². The molecule has 0 aromatic carbocycles. The van der Waals surface area contributed by atoms with Crippen LogP contribution in [0.5, 0.6) is 0 Å². The van der Waals surface area contributed by atoms with Gasteiger partial charge in [-0.3, -0.25) is 4.79 Å². The molecule has 0 bridgehead atoms. The van der Waals surface area contributed by atoms with Crippen LogP contribution in [0.15, 0.2) is 0 Å². The first-order valence-electron chi connectivity index (χ1n) is 17.0. The second kappa shape index (κ2) is 41.8. The monoisotopic (exact) mass is 561 g/mol. The Kier molecular flexibility index (Phi) is 45.9. The molecule has 0 radical (unpaired) electrons. The summed E-state index contributed by atoms with van der Waals surface area (Å²) in [5.74, 6) is -0.745. The Morgan fingerprint density at radius 3 is 0.923 bits per heavy atom. The number of aliphatic carboxylic acids is 1. The van der Waals surface area contributed by atoms with Gasteiger partial charge in [-0.2, -0.15) is 0 Å². The summed E-state index contributed by atoms with van der Waals surface area (Å²) in [5.41, 5.74) is 0. The van der Waals surface area contributed by atoms with Gasteiger partial charge in [0.15, 0.2) is 0 Å². The average molecular weight is 561 g/mol. The molecule has 0 saturated heterocycles. The number of ether oxygens (including phenoxy) is 1. The van der Waals surface area contributed by atoms with E-state index in [0.29, 0.717) is 0 Å². The highest BCUT2D eigenvalue weighted by atomic mass is 16.5. The van der Waals surface area contributed by atoms with Gasteiger partial charge in [-0.15, -0.1) is 0 Å². The van der Waals surface area contributed by atoms with E-state index >= 15 is 0 Å². The van der Waals surface area contributed by atoms with E-state index < -0.39 is 12.1 Å². The zero-order valence-corrected chi connectivity index (χ0v) is 27.0. The number of aliphatic hydroxyl groups excluding tert-OH is 2. The van der Waals surface area contributed by atoms with Crippen molar-refractivity contribution in [1.29, 1.82) is 0 Å². The summed E-state index contributed by atoms with van der Waals surface area (Å²) in [6.07, 6.45) is 33.8. The lowest BCUT2D eigenvalue weighted by Crippen LogP contribution is -2.03. The van der Waals surface area contributed by atoms with E-state index in [1.807, 2.05) is 0 Å². The fraction of sp³-hybridized carbons (Fsp3) is 0.971. The maximum atomic E-state index is 9.37. The molecule has 5 heteroatoms. The Balaban J connectivity index is -0.00000109. The Morgan fingerprint density at radius 2 is 0.744 bits per heavy atom. The third kappa shape index (κ3) is 54.2. The number of carbonyl (C=O) groups is 1. The molecule has 0 aliphatic rings. The van der Waals surface area contributed by atoms with Crippen LogP contribution in [0, 0.1) is 0 Å². The summed E-state index contributed by atoms with van der Waals surface area (Å²) in [7, 11) is 0. The summed E-state index contributed by atoms with van der Waals surface area (Å²) in [6, 6.07) is 0. The molecular formula is C34H72O5. The second-order valence-electron chi connectivity index (χ2n) is 11.2. The Labute approximate surface area is 244 Å². The van der Waals surface area contributed by atoms with Crippen LogP contribution in [0.4, 0.5) is 0 Å². The average Bonchev–Trinajstić information content (AvgIpc) is 2.93. The van der Waals surface area contributed by atoms with Crippen molar-refractivity contribution in [3.8, 4) is 0 Å². The van der Waals surface area contributed by atoms with Gasteiger partial charge in [0.1, 0.15) is 0 Å². The van der Waals surface area contributed by atoms with Crippen molar-refractivity contribution < 1.29 is 24.9 Å². The molecule has 0 heterocycles. The topological polar surface area (TPSA) is 87.0 Å². The lowest BCUT2D eigenvalue weighted by Gasteiger charge is -2.05. The minimum Gasteiger partial charge on any atom is -0.481 e. The first-order chi connectivity index (χ1) is 19.0. The molecular weight excluding hydrogens is 488 g/mol. The van der Waals surface area contributed by atoms with E-state index in [0.717, 1.165) is 13.2 Å². The van der Waals surface area contributed by atoms with Gasteiger partial charge in [-0.1, -0.05) is 162 Å². The van der Waals surface area contributed by atoms with Crippen molar-refractivity contribution in [2.45, 2.75) is 194 Å². The molecule has 1 atom stereocenters. The molecule has 238 valence electrons. The molecule has 0 amide bonds. The number of rotatable bonds is 28. The number of unbranched alkanes of at least 4 members (excludes halogenated alkanes) is 22. The van der Waals surface area contributed by atoms with Crippen LogP contribution in [-0.2, 0) is 9.53 Å².